The summed E-state index contributed by atoms with van der Waals surface area (Å²) in [6.07, 6.45) is 2.61. The van der Waals surface area contributed by atoms with E-state index in [9.17, 15) is 4.79 Å². The lowest BCUT2D eigenvalue weighted by Gasteiger charge is -2.11. The first-order valence-electron chi connectivity index (χ1n) is 6.50. The van der Waals surface area contributed by atoms with Gasteiger partial charge < -0.3 is 9.88 Å². The summed E-state index contributed by atoms with van der Waals surface area (Å²) < 4.78 is 1.80. The zero-order valence-electron chi connectivity index (χ0n) is 11.8. The van der Waals surface area contributed by atoms with E-state index in [2.05, 4.69) is 22.4 Å². The molecule has 1 heterocycles. The Bertz CT molecular complexity index is 579. The van der Waals surface area contributed by atoms with Gasteiger partial charge in [0, 0.05) is 12.7 Å². The number of nitrogens with one attached hydrogen (secondary N) is 1. The first kappa shape index (κ1) is 14.6. The highest BCUT2D eigenvalue weighted by Gasteiger charge is 2.17. The Hall–Kier alpha value is -1.82. The molecule has 1 amide bonds. The molecule has 20 heavy (non-hydrogen) atoms. The molecule has 0 aliphatic rings. The fourth-order valence-corrected chi connectivity index (χ4v) is 2.45. The van der Waals surface area contributed by atoms with Gasteiger partial charge in [-0.05, 0) is 31.0 Å². The van der Waals surface area contributed by atoms with Crippen LogP contribution in [0.15, 0.2) is 35.7 Å². The Morgan fingerprint density at radius 3 is 2.65 bits per heavy atom. The van der Waals surface area contributed by atoms with Crippen LogP contribution in [0.25, 0.3) is 0 Å². The summed E-state index contributed by atoms with van der Waals surface area (Å²) in [5.41, 5.74) is 2.07. The molecule has 5 nitrogen and oxygen atoms in total. The number of carbonyl (C=O) groups is 1. The minimum absolute atomic E-state index is 0.0396. The third-order valence-electron chi connectivity index (χ3n) is 2.95. The van der Waals surface area contributed by atoms with Crippen LogP contribution in [0.1, 0.15) is 19.4 Å². The number of aromatic nitrogens is 3. The van der Waals surface area contributed by atoms with Crippen LogP contribution in [-0.4, -0.2) is 25.9 Å². The van der Waals surface area contributed by atoms with Crippen molar-refractivity contribution in [1.29, 1.82) is 0 Å². The molecule has 0 saturated heterocycles. The maximum Gasteiger partial charge on any atom is 0.237 e. The molecule has 0 aliphatic carbocycles. The van der Waals surface area contributed by atoms with E-state index in [0.29, 0.717) is 0 Å². The molecule has 1 atom stereocenters. The zero-order valence-corrected chi connectivity index (χ0v) is 12.6. The lowest BCUT2D eigenvalue weighted by atomic mass is 10.1. The molecule has 0 fully saturated rings. The Labute approximate surface area is 122 Å². The van der Waals surface area contributed by atoms with E-state index in [0.717, 1.165) is 17.3 Å². The molecule has 0 saturated carbocycles. The second-order valence-electron chi connectivity index (χ2n) is 4.52. The van der Waals surface area contributed by atoms with Crippen molar-refractivity contribution in [1.82, 2.24) is 14.8 Å². The molecular formula is C14H18N4OS. The van der Waals surface area contributed by atoms with Crippen molar-refractivity contribution in [2.75, 3.05) is 5.32 Å². The van der Waals surface area contributed by atoms with Gasteiger partial charge in [-0.1, -0.05) is 30.8 Å². The number of aryl methyl sites for hydroxylation is 2. The van der Waals surface area contributed by atoms with Crippen molar-refractivity contribution < 1.29 is 4.79 Å². The molecule has 0 unspecified atom stereocenters. The molecule has 0 aliphatic heterocycles. The van der Waals surface area contributed by atoms with Crippen molar-refractivity contribution in [2.45, 2.75) is 30.7 Å². The summed E-state index contributed by atoms with van der Waals surface area (Å²) in [6.45, 7) is 3.96. The quantitative estimate of drug-likeness (QED) is 0.860. The third kappa shape index (κ3) is 3.60. The van der Waals surface area contributed by atoms with Gasteiger partial charge in [-0.2, -0.15) is 0 Å². The second kappa shape index (κ2) is 6.56. The molecule has 1 N–H and O–H groups in total. The van der Waals surface area contributed by atoms with Crippen LogP contribution in [0.3, 0.4) is 0 Å². The van der Waals surface area contributed by atoms with Gasteiger partial charge in [-0.25, -0.2) is 0 Å². The van der Waals surface area contributed by atoms with E-state index >= 15 is 0 Å². The lowest BCUT2D eigenvalue weighted by molar-refractivity contribution is -0.115. The average molecular weight is 290 g/mol. The Kier molecular flexibility index (Phi) is 4.79. The van der Waals surface area contributed by atoms with Gasteiger partial charge in [-0.15, -0.1) is 10.2 Å². The number of hydrogen-bond acceptors (Lipinski definition) is 4. The van der Waals surface area contributed by atoms with Crippen molar-refractivity contribution in [3.05, 3.63) is 36.2 Å². The molecule has 2 rings (SSSR count). The molecule has 2 aromatic rings. The van der Waals surface area contributed by atoms with Crippen LogP contribution in [0.4, 0.5) is 5.69 Å². The molecule has 0 radical (unpaired) electrons. The summed E-state index contributed by atoms with van der Waals surface area (Å²) in [5.74, 6) is -0.0396. The monoisotopic (exact) mass is 290 g/mol. The van der Waals surface area contributed by atoms with Crippen molar-refractivity contribution in [3.63, 3.8) is 0 Å². The Balaban J connectivity index is 1.95. The Morgan fingerprint density at radius 1 is 1.40 bits per heavy atom. The maximum absolute atomic E-state index is 12.1. The number of thioether (sulfide) groups is 1. The van der Waals surface area contributed by atoms with E-state index < -0.39 is 0 Å². The Morgan fingerprint density at radius 2 is 2.10 bits per heavy atom. The molecule has 1 aromatic carbocycles. The average Bonchev–Trinajstić information content (AvgIpc) is 2.85. The summed E-state index contributed by atoms with van der Waals surface area (Å²) in [6, 6.07) is 7.90. The van der Waals surface area contributed by atoms with Crippen molar-refractivity contribution in [2.24, 2.45) is 7.05 Å². The highest BCUT2D eigenvalue weighted by molar-refractivity contribution is 8.00. The number of hydrogen-bond donors (Lipinski definition) is 1. The minimum Gasteiger partial charge on any atom is -0.325 e. The number of nitrogens with zero attached hydrogens (tertiary/aromatic N) is 3. The fourth-order valence-electron chi connectivity index (χ4n) is 1.66. The third-order valence-corrected chi connectivity index (χ3v) is 4.10. The van der Waals surface area contributed by atoms with Gasteiger partial charge in [0.15, 0.2) is 5.16 Å². The summed E-state index contributed by atoms with van der Waals surface area (Å²) in [5, 5.41) is 11.2. The highest BCUT2D eigenvalue weighted by Crippen LogP contribution is 2.21. The number of anilines is 1. The number of benzene rings is 1. The minimum atomic E-state index is -0.233. The van der Waals surface area contributed by atoms with Crippen LogP contribution in [0, 0.1) is 0 Å². The van der Waals surface area contributed by atoms with Gasteiger partial charge in [0.1, 0.15) is 6.33 Å². The summed E-state index contributed by atoms with van der Waals surface area (Å²) in [7, 11) is 1.86. The topological polar surface area (TPSA) is 59.8 Å². The lowest BCUT2D eigenvalue weighted by Crippen LogP contribution is -2.22. The number of amides is 1. The van der Waals surface area contributed by atoms with Gasteiger partial charge in [0.25, 0.3) is 0 Å². The predicted molar refractivity (Wildman–Crippen MR) is 80.8 cm³/mol. The summed E-state index contributed by atoms with van der Waals surface area (Å²) >= 11 is 1.39. The fraction of sp³-hybridized carbons (Fsp3) is 0.357. The van der Waals surface area contributed by atoms with Crippen LogP contribution >= 0.6 is 11.8 Å². The van der Waals surface area contributed by atoms with Gasteiger partial charge in [0.05, 0.1) is 5.25 Å². The zero-order chi connectivity index (χ0) is 14.5. The van der Waals surface area contributed by atoms with E-state index in [1.807, 2.05) is 38.2 Å². The summed E-state index contributed by atoms with van der Waals surface area (Å²) in [4.78, 5) is 12.1. The largest absolute Gasteiger partial charge is 0.325 e. The molecular weight excluding hydrogens is 272 g/mol. The first-order valence-corrected chi connectivity index (χ1v) is 7.38. The van der Waals surface area contributed by atoms with Gasteiger partial charge >= 0.3 is 0 Å². The van der Waals surface area contributed by atoms with Crippen LogP contribution in [0.5, 0.6) is 0 Å². The number of rotatable bonds is 5. The van der Waals surface area contributed by atoms with E-state index in [1.54, 1.807) is 10.9 Å². The van der Waals surface area contributed by atoms with E-state index in [1.165, 1.54) is 17.3 Å². The smallest absolute Gasteiger partial charge is 0.237 e. The van der Waals surface area contributed by atoms with Gasteiger partial charge in [0.2, 0.25) is 5.91 Å². The molecule has 0 bridgehead atoms. The van der Waals surface area contributed by atoms with Crippen LogP contribution in [-0.2, 0) is 18.3 Å². The number of carbonyl (C=O) groups excluding carboxylic acids is 1. The highest BCUT2D eigenvalue weighted by atomic mass is 32.2. The maximum atomic E-state index is 12.1. The normalized spacial score (nSPS) is 12.2. The molecule has 0 spiro atoms. The van der Waals surface area contributed by atoms with Crippen molar-refractivity contribution in [3.8, 4) is 0 Å². The first-order chi connectivity index (χ1) is 9.60. The second-order valence-corrected chi connectivity index (χ2v) is 5.83. The standard InChI is InChI=1S/C14H18N4OS/c1-4-11-5-7-12(8-6-11)16-13(19)10(2)20-14-17-15-9-18(14)3/h5-10H,4H2,1-3H3,(H,16,19)/t10-/m1/s1. The van der Waals surface area contributed by atoms with Crippen LogP contribution in [0.2, 0.25) is 0 Å². The van der Waals surface area contributed by atoms with E-state index in [4.69, 9.17) is 0 Å². The van der Waals surface area contributed by atoms with Crippen molar-refractivity contribution >= 4 is 23.4 Å². The molecule has 6 heteroatoms. The molecule has 1 aromatic heterocycles. The van der Waals surface area contributed by atoms with Crippen LogP contribution < -0.4 is 5.32 Å². The predicted octanol–water partition coefficient (Wildman–Crippen LogP) is 2.50. The van der Waals surface area contributed by atoms with Gasteiger partial charge in [-0.3, -0.25) is 4.79 Å². The SMILES string of the molecule is CCc1ccc(NC(=O)[C@@H](C)Sc2nncn2C)cc1. The molecule has 106 valence electrons. The van der Waals surface area contributed by atoms with E-state index in [-0.39, 0.29) is 11.2 Å².